The molecule has 0 amide bonds. The van der Waals surface area contributed by atoms with Crippen LogP contribution in [0.15, 0.2) is 11.6 Å². The summed E-state index contributed by atoms with van der Waals surface area (Å²) in [7, 11) is 0. The fourth-order valence-corrected chi connectivity index (χ4v) is 9.08. The van der Waals surface area contributed by atoms with Gasteiger partial charge in [-0.25, -0.2) is 0 Å². The van der Waals surface area contributed by atoms with Gasteiger partial charge in [-0.2, -0.15) is 0 Å². The van der Waals surface area contributed by atoms with Gasteiger partial charge in [-0.05, 0) is 92.8 Å². The van der Waals surface area contributed by atoms with Crippen LogP contribution in [0.2, 0.25) is 0 Å². The van der Waals surface area contributed by atoms with Gasteiger partial charge >= 0.3 is 0 Å². The van der Waals surface area contributed by atoms with Crippen molar-refractivity contribution in [3.8, 4) is 0 Å². The number of allylic oxidation sites excluding steroid dienone is 2. The van der Waals surface area contributed by atoms with Crippen molar-refractivity contribution in [2.75, 3.05) is 6.61 Å². The second kappa shape index (κ2) is 41.4. The zero-order valence-corrected chi connectivity index (χ0v) is 18.5. The molecule has 0 aliphatic heterocycles. The third-order valence-electron chi connectivity index (χ3n) is 9.72. The summed E-state index contributed by atoms with van der Waals surface area (Å²) in [6.07, 6.45) is 11.2. The molecule has 0 spiro atoms. The maximum Gasteiger partial charge on any atom is 0.139 e. The largest absolute Gasteiger partial charge is 0.396 e. The van der Waals surface area contributed by atoms with Crippen molar-refractivity contribution in [1.82, 2.24) is 0 Å². The van der Waals surface area contributed by atoms with Crippen molar-refractivity contribution in [3.05, 3.63) is 11.6 Å². The number of carbonyl (C=O) groups is 1. The van der Waals surface area contributed by atoms with Gasteiger partial charge in [-0.1, -0.05) is 181 Å². The lowest BCUT2D eigenvalue weighted by atomic mass is 9.45. The van der Waals surface area contributed by atoms with Crippen molar-refractivity contribution >= 4 is 29.0 Å². The van der Waals surface area contributed by atoms with Crippen LogP contribution in [0.5, 0.6) is 0 Å². The maximum atomic E-state index is 12.8. The molecule has 0 aromatic heterocycles. The standard InChI is InChI=1S/C23H34Cl2O2.21CH4/c1-14(27)23(20(24)25)11-8-19-17-5-4-16-12-15(13-26)6-9-21(16,2)18(17)7-10-22(19,23)3;;;;;;;;;;;;;;;;;;;;;/h4,15,17-20,26H,5-13H2,1-3H3;21*1H4. The first-order valence-electron chi connectivity index (χ1n) is 10.8. The van der Waals surface area contributed by atoms with Gasteiger partial charge in [0, 0.05) is 6.61 Å². The van der Waals surface area contributed by atoms with Crippen molar-refractivity contribution in [2.24, 2.45) is 39.9 Å². The molecule has 0 aromatic rings. The van der Waals surface area contributed by atoms with E-state index >= 15 is 0 Å². The summed E-state index contributed by atoms with van der Waals surface area (Å²) < 4.78 is 0. The van der Waals surface area contributed by atoms with Gasteiger partial charge in [0.25, 0.3) is 0 Å². The lowest BCUT2D eigenvalue weighted by molar-refractivity contribution is -0.138. The highest BCUT2D eigenvalue weighted by Crippen LogP contribution is 2.71. The number of ketones is 1. The first-order chi connectivity index (χ1) is 12.7. The average Bonchev–Trinajstić information content (AvgIpc) is 2.95. The molecule has 4 aliphatic carbocycles. The second-order valence-corrected chi connectivity index (χ2v) is 11.5. The predicted octanol–water partition coefficient (Wildman–Crippen LogP) is 19.3. The number of aliphatic hydroxyl groups is 1. The Morgan fingerprint density at radius 1 is 0.688 bits per heavy atom. The van der Waals surface area contributed by atoms with E-state index in [0.29, 0.717) is 30.3 Å². The number of Topliss-reactive ketones (excluding diaryl/α,β-unsaturated/α-hetero) is 1. The van der Waals surface area contributed by atoms with E-state index in [1.165, 1.54) is 12.8 Å². The number of hydrogen-bond acceptors (Lipinski definition) is 2. The molecule has 0 saturated heterocycles. The predicted molar refractivity (Wildman–Crippen MR) is 252 cm³/mol. The molecule has 4 heteroatoms. The van der Waals surface area contributed by atoms with Gasteiger partial charge in [-0.3, -0.25) is 4.79 Å². The SMILES string of the molecule is C.C.C.C.C.C.C.C.C.C.C.C.C.C.C.C.C.C.C.C.C.CC(=O)C1(C(Cl)Cl)CCC2C3CC=C4CC(CO)CCC4(C)C3CCC21C. The Morgan fingerprint density at radius 3 is 1.44 bits per heavy atom. The molecule has 48 heavy (non-hydrogen) atoms. The number of aliphatic hydroxyl groups excluding tert-OH is 1. The lowest BCUT2D eigenvalue weighted by Gasteiger charge is -2.59. The number of fused-ring (bicyclic) bond motifs is 5. The Kier molecular flexibility index (Phi) is 102. The van der Waals surface area contributed by atoms with E-state index in [-0.39, 0.29) is 173 Å². The van der Waals surface area contributed by atoms with Crippen molar-refractivity contribution in [3.63, 3.8) is 0 Å². The smallest absolute Gasteiger partial charge is 0.139 e. The Labute approximate surface area is 328 Å². The molecule has 3 fully saturated rings. The summed E-state index contributed by atoms with van der Waals surface area (Å²) in [5, 5.41) is 9.63. The molecule has 0 aromatic carbocycles. The zero-order valence-electron chi connectivity index (χ0n) is 16.9. The van der Waals surface area contributed by atoms with Gasteiger partial charge in [0.1, 0.15) is 10.6 Å². The maximum absolute atomic E-state index is 12.8. The number of alkyl halides is 2. The van der Waals surface area contributed by atoms with Crippen LogP contribution in [0, 0.1) is 39.9 Å². The van der Waals surface area contributed by atoms with E-state index in [1.807, 2.05) is 0 Å². The summed E-state index contributed by atoms with van der Waals surface area (Å²) >= 11 is 13.0. The Morgan fingerprint density at radius 2 is 1.08 bits per heavy atom. The Hall–Kier alpha value is -0.0500. The topological polar surface area (TPSA) is 37.3 Å². The van der Waals surface area contributed by atoms with Crippen LogP contribution in [-0.2, 0) is 4.79 Å². The molecule has 1 N–H and O–H groups in total. The number of hydrogen-bond donors (Lipinski definition) is 1. The minimum Gasteiger partial charge on any atom is -0.396 e. The van der Waals surface area contributed by atoms with Gasteiger partial charge < -0.3 is 5.11 Å². The summed E-state index contributed by atoms with van der Waals surface area (Å²) in [4.78, 5) is 12.2. The first-order valence-corrected chi connectivity index (χ1v) is 11.7. The van der Waals surface area contributed by atoms with E-state index in [4.69, 9.17) is 23.2 Å². The number of halogens is 2. The third-order valence-corrected chi connectivity index (χ3v) is 10.5. The number of carbonyl (C=O) groups excluding carboxylic acids is 1. The minimum atomic E-state index is -0.619. The Bertz CT molecular complexity index is 662. The van der Waals surface area contributed by atoms with E-state index in [9.17, 15) is 9.90 Å². The molecular formula is C44H118Cl2O2. The molecule has 3 saturated carbocycles. The normalized spacial score (nSPS) is 27.7. The van der Waals surface area contributed by atoms with Crippen LogP contribution in [0.3, 0.4) is 0 Å². The van der Waals surface area contributed by atoms with E-state index < -0.39 is 10.3 Å². The monoisotopic (exact) mass is 749 g/mol. The van der Waals surface area contributed by atoms with Crippen LogP contribution in [0.4, 0.5) is 0 Å². The average molecular weight is 750 g/mol. The number of rotatable bonds is 3. The van der Waals surface area contributed by atoms with Crippen molar-refractivity contribution in [2.45, 2.75) is 233 Å². The van der Waals surface area contributed by atoms with E-state index in [1.54, 1.807) is 12.5 Å². The molecule has 0 radical (unpaired) electrons. The molecule has 320 valence electrons. The van der Waals surface area contributed by atoms with Crippen LogP contribution >= 0.6 is 23.2 Å². The fourth-order valence-electron chi connectivity index (χ4n) is 8.06. The molecular weight excluding hydrogens is 631 g/mol. The molecule has 4 aliphatic rings. The summed E-state index contributed by atoms with van der Waals surface area (Å²) in [6.45, 7) is 6.80. The van der Waals surface area contributed by atoms with E-state index in [2.05, 4.69) is 19.9 Å². The minimum absolute atomic E-state index is 0. The van der Waals surface area contributed by atoms with Gasteiger partial charge in [0.2, 0.25) is 0 Å². The molecule has 2 nitrogen and oxygen atoms in total. The van der Waals surface area contributed by atoms with Crippen LogP contribution in [-0.4, -0.2) is 22.3 Å². The third kappa shape index (κ3) is 16.1. The molecule has 7 atom stereocenters. The second-order valence-electron chi connectivity index (χ2n) is 10.4. The fraction of sp³-hybridized carbons (Fsp3) is 0.932. The van der Waals surface area contributed by atoms with Crippen LogP contribution in [0.1, 0.15) is 228 Å². The van der Waals surface area contributed by atoms with Gasteiger partial charge in [-0.15, -0.1) is 23.2 Å². The highest BCUT2D eigenvalue weighted by molar-refractivity contribution is 6.46. The van der Waals surface area contributed by atoms with Crippen molar-refractivity contribution in [1.29, 1.82) is 0 Å². The highest BCUT2D eigenvalue weighted by atomic mass is 35.5. The van der Waals surface area contributed by atoms with Gasteiger partial charge in [0.15, 0.2) is 0 Å². The lowest BCUT2D eigenvalue weighted by Crippen LogP contribution is -2.55. The summed E-state index contributed by atoms with van der Waals surface area (Å²) in [6, 6.07) is 0. The van der Waals surface area contributed by atoms with Crippen molar-refractivity contribution < 1.29 is 9.90 Å². The zero-order chi connectivity index (χ0) is 19.6. The quantitative estimate of drug-likeness (QED) is 0.230. The highest BCUT2D eigenvalue weighted by Gasteiger charge is 2.67. The van der Waals surface area contributed by atoms with E-state index in [0.717, 1.165) is 38.5 Å². The molecule has 0 bridgehead atoms. The summed E-state index contributed by atoms with van der Waals surface area (Å²) in [5.74, 6) is 2.49. The van der Waals surface area contributed by atoms with Gasteiger partial charge in [0.05, 0.1) is 5.41 Å². The molecule has 0 heterocycles. The van der Waals surface area contributed by atoms with Crippen LogP contribution < -0.4 is 0 Å². The molecule has 4 rings (SSSR count). The molecule has 7 unspecified atom stereocenters. The first kappa shape index (κ1) is 118. The van der Waals surface area contributed by atoms with Crippen LogP contribution in [0.25, 0.3) is 0 Å². The Balaban J connectivity index is -0.0000000268. The summed E-state index contributed by atoms with van der Waals surface area (Å²) in [5.41, 5.74) is 1.21.